The fraction of sp³-hybridized carbons (Fsp3) is 0.400. The summed E-state index contributed by atoms with van der Waals surface area (Å²) in [6, 6.07) is 10.5. The van der Waals surface area contributed by atoms with Gasteiger partial charge in [-0.25, -0.2) is 9.98 Å². The van der Waals surface area contributed by atoms with Crippen LogP contribution >= 0.6 is 24.0 Å². The van der Waals surface area contributed by atoms with Crippen molar-refractivity contribution in [1.82, 2.24) is 15.6 Å². The molecule has 1 aromatic carbocycles. The number of nitrogens with zero attached hydrogens (tertiary/aromatic N) is 3. The molecule has 0 radical (unpaired) electrons. The van der Waals surface area contributed by atoms with E-state index >= 15 is 0 Å². The number of rotatable bonds is 6. The van der Waals surface area contributed by atoms with Crippen molar-refractivity contribution in [3.8, 4) is 0 Å². The summed E-state index contributed by atoms with van der Waals surface area (Å²) < 4.78 is 0. The van der Waals surface area contributed by atoms with Gasteiger partial charge in [0.1, 0.15) is 5.82 Å². The van der Waals surface area contributed by atoms with Crippen LogP contribution in [0.2, 0.25) is 0 Å². The molecule has 26 heavy (non-hydrogen) atoms. The number of pyridine rings is 1. The van der Waals surface area contributed by atoms with Crippen LogP contribution < -0.4 is 15.5 Å². The van der Waals surface area contributed by atoms with Crippen molar-refractivity contribution in [2.75, 3.05) is 25.5 Å². The van der Waals surface area contributed by atoms with Crippen molar-refractivity contribution >= 4 is 35.8 Å². The van der Waals surface area contributed by atoms with Crippen LogP contribution in [0.3, 0.4) is 0 Å². The molecule has 0 aliphatic rings. The molecule has 2 aromatic rings. The maximum atomic E-state index is 4.72. The summed E-state index contributed by atoms with van der Waals surface area (Å²) in [7, 11) is 4.00. The Bertz CT molecular complexity index is 728. The molecular formula is C20H30IN5. The van der Waals surface area contributed by atoms with E-state index in [9.17, 15) is 0 Å². The molecule has 142 valence electrons. The molecule has 0 aliphatic heterocycles. The number of halogens is 1. The average Bonchev–Trinajstić information content (AvgIpc) is 2.58. The number of aryl methyl sites for hydroxylation is 2. The van der Waals surface area contributed by atoms with E-state index in [-0.39, 0.29) is 24.0 Å². The number of aromatic nitrogens is 1. The summed E-state index contributed by atoms with van der Waals surface area (Å²) in [5.41, 5.74) is 4.97. The maximum absolute atomic E-state index is 4.72. The van der Waals surface area contributed by atoms with E-state index in [1.807, 2.05) is 31.3 Å². The third-order valence-electron chi connectivity index (χ3n) is 3.99. The lowest BCUT2D eigenvalue weighted by atomic mass is 10.1. The van der Waals surface area contributed by atoms with Crippen molar-refractivity contribution in [3.63, 3.8) is 0 Å². The number of anilines is 1. The zero-order chi connectivity index (χ0) is 18.2. The van der Waals surface area contributed by atoms with Crippen LogP contribution in [0.15, 0.2) is 41.5 Å². The van der Waals surface area contributed by atoms with Crippen LogP contribution in [0, 0.1) is 13.8 Å². The van der Waals surface area contributed by atoms with Gasteiger partial charge in [-0.2, -0.15) is 0 Å². The van der Waals surface area contributed by atoms with E-state index in [2.05, 4.69) is 60.7 Å². The fourth-order valence-electron chi connectivity index (χ4n) is 2.69. The van der Waals surface area contributed by atoms with Crippen molar-refractivity contribution in [1.29, 1.82) is 0 Å². The molecule has 0 spiro atoms. The van der Waals surface area contributed by atoms with Gasteiger partial charge in [-0.1, -0.05) is 29.8 Å². The molecule has 0 atom stereocenters. The van der Waals surface area contributed by atoms with Crippen molar-refractivity contribution in [2.45, 2.75) is 33.9 Å². The van der Waals surface area contributed by atoms with E-state index in [1.54, 1.807) is 0 Å². The minimum atomic E-state index is 0. The molecular weight excluding hydrogens is 437 g/mol. The van der Waals surface area contributed by atoms with E-state index < -0.39 is 0 Å². The number of benzene rings is 1. The Morgan fingerprint density at radius 1 is 1.12 bits per heavy atom. The van der Waals surface area contributed by atoms with Crippen LogP contribution in [-0.2, 0) is 13.1 Å². The third kappa shape index (κ3) is 6.48. The normalized spacial score (nSPS) is 10.9. The molecule has 2 N–H and O–H groups in total. The van der Waals surface area contributed by atoms with Crippen LogP contribution in [0.5, 0.6) is 0 Å². The highest BCUT2D eigenvalue weighted by atomic mass is 127. The number of aliphatic imine (C=N–C) groups is 1. The monoisotopic (exact) mass is 467 g/mol. The molecule has 0 saturated carbocycles. The number of guanidine groups is 1. The summed E-state index contributed by atoms with van der Waals surface area (Å²) in [5, 5.41) is 6.73. The Morgan fingerprint density at radius 3 is 2.54 bits per heavy atom. The van der Waals surface area contributed by atoms with Gasteiger partial charge in [0.25, 0.3) is 0 Å². The van der Waals surface area contributed by atoms with Crippen LogP contribution in [-0.4, -0.2) is 31.6 Å². The minimum Gasteiger partial charge on any atom is -0.362 e. The lowest BCUT2D eigenvalue weighted by molar-refractivity contribution is 0.811. The molecule has 6 heteroatoms. The van der Waals surface area contributed by atoms with Gasteiger partial charge in [-0.15, -0.1) is 24.0 Å². The first-order chi connectivity index (χ1) is 12.0. The van der Waals surface area contributed by atoms with Crippen molar-refractivity contribution in [2.24, 2.45) is 4.99 Å². The lowest BCUT2D eigenvalue weighted by Crippen LogP contribution is -2.37. The predicted molar refractivity (Wildman–Crippen MR) is 122 cm³/mol. The first-order valence-corrected chi connectivity index (χ1v) is 8.70. The summed E-state index contributed by atoms with van der Waals surface area (Å²) in [4.78, 5) is 11.2. The van der Waals surface area contributed by atoms with Crippen molar-refractivity contribution in [3.05, 3.63) is 58.8 Å². The molecule has 0 unspecified atom stereocenters. The zero-order valence-corrected chi connectivity index (χ0v) is 18.7. The van der Waals surface area contributed by atoms with E-state index in [0.29, 0.717) is 6.54 Å². The fourth-order valence-corrected chi connectivity index (χ4v) is 2.69. The standard InChI is InChI=1S/C20H29N5.HI/c1-6-21-20(23-13-17-10-9-15(2)12-16(17)3)24-14-18-8-7-11-22-19(18)25(4)5;/h7-12H,6,13-14H2,1-5H3,(H2,21,23,24);1H. The summed E-state index contributed by atoms with van der Waals surface area (Å²) in [6.07, 6.45) is 1.81. The molecule has 0 aliphatic carbocycles. The summed E-state index contributed by atoms with van der Waals surface area (Å²) in [5.74, 6) is 1.77. The smallest absolute Gasteiger partial charge is 0.191 e. The summed E-state index contributed by atoms with van der Waals surface area (Å²) >= 11 is 0. The number of hydrogen-bond acceptors (Lipinski definition) is 3. The van der Waals surface area contributed by atoms with E-state index in [0.717, 1.165) is 30.4 Å². The number of nitrogens with one attached hydrogen (secondary N) is 2. The molecule has 0 bridgehead atoms. The van der Waals surface area contributed by atoms with Gasteiger partial charge in [0.2, 0.25) is 0 Å². The largest absolute Gasteiger partial charge is 0.362 e. The molecule has 1 heterocycles. The van der Waals surface area contributed by atoms with E-state index in [1.165, 1.54) is 16.7 Å². The van der Waals surface area contributed by atoms with Crippen molar-refractivity contribution < 1.29 is 0 Å². The van der Waals surface area contributed by atoms with Gasteiger partial charge in [0, 0.05) is 38.9 Å². The zero-order valence-electron chi connectivity index (χ0n) is 16.3. The summed E-state index contributed by atoms with van der Waals surface area (Å²) in [6.45, 7) is 8.50. The highest BCUT2D eigenvalue weighted by molar-refractivity contribution is 14.0. The maximum Gasteiger partial charge on any atom is 0.191 e. The van der Waals surface area contributed by atoms with Gasteiger partial charge in [0.05, 0.1) is 6.54 Å². The second kappa shape index (κ2) is 11.0. The Kier molecular flexibility index (Phi) is 9.40. The van der Waals surface area contributed by atoms with Crippen LogP contribution in [0.4, 0.5) is 5.82 Å². The molecule has 0 amide bonds. The second-order valence-electron chi connectivity index (χ2n) is 6.36. The Hall–Kier alpha value is -1.83. The molecule has 0 fully saturated rings. The predicted octanol–water partition coefficient (Wildman–Crippen LogP) is 3.64. The molecule has 1 aromatic heterocycles. The van der Waals surface area contributed by atoms with Gasteiger partial charge in [-0.05, 0) is 38.0 Å². The Labute approximate surface area is 174 Å². The third-order valence-corrected chi connectivity index (χ3v) is 3.99. The SMILES string of the molecule is CCNC(=NCc1cccnc1N(C)C)NCc1ccc(C)cc1C.I. The average molecular weight is 467 g/mol. The topological polar surface area (TPSA) is 52.6 Å². The second-order valence-corrected chi connectivity index (χ2v) is 6.36. The number of hydrogen-bond donors (Lipinski definition) is 2. The lowest BCUT2D eigenvalue weighted by Gasteiger charge is -2.16. The quantitative estimate of drug-likeness (QED) is 0.387. The van der Waals surface area contributed by atoms with Gasteiger partial charge >= 0.3 is 0 Å². The molecule has 0 saturated heterocycles. The highest BCUT2D eigenvalue weighted by Gasteiger charge is 2.06. The van der Waals surface area contributed by atoms with Gasteiger partial charge in [-0.3, -0.25) is 0 Å². The van der Waals surface area contributed by atoms with E-state index in [4.69, 9.17) is 4.99 Å². The molecule has 2 rings (SSSR count). The first-order valence-electron chi connectivity index (χ1n) is 8.70. The Morgan fingerprint density at radius 2 is 1.88 bits per heavy atom. The van der Waals surface area contributed by atoms with Gasteiger partial charge < -0.3 is 15.5 Å². The van der Waals surface area contributed by atoms with Crippen LogP contribution in [0.1, 0.15) is 29.2 Å². The van der Waals surface area contributed by atoms with Gasteiger partial charge in [0.15, 0.2) is 5.96 Å². The molecule has 5 nitrogen and oxygen atoms in total. The Balaban J connectivity index is 0.00000338. The highest BCUT2D eigenvalue weighted by Crippen LogP contribution is 2.15. The minimum absolute atomic E-state index is 0. The first kappa shape index (κ1) is 22.2. The van der Waals surface area contributed by atoms with Crippen LogP contribution in [0.25, 0.3) is 0 Å².